The lowest BCUT2D eigenvalue weighted by atomic mass is 10.1. The van der Waals surface area contributed by atoms with Gasteiger partial charge in [-0.1, -0.05) is 0 Å². The van der Waals surface area contributed by atoms with E-state index in [4.69, 9.17) is 10.8 Å². The molecule has 3 N–H and O–H groups in total. The van der Waals surface area contributed by atoms with Crippen LogP contribution in [0.25, 0.3) is 0 Å². The highest BCUT2D eigenvalue weighted by Gasteiger charge is 2.34. The molecular formula is C8H5BrF3NO2. The van der Waals surface area contributed by atoms with Crippen molar-refractivity contribution < 1.29 is 23.1 Å². The van der Waals surface area contributed by atoms with E-state index in [0.717, 1.165) is 6.07 Å². The van der Waals surface area contributed by atoms with E-state index < -0.39 is 23.4 Å². The third kappa shape index (κ3) is 2.23. The van der Waals surface area contributed by atoms with Gasteiger partial charge in [0.2, 0.25) is 0 Å². The normalized spacial score (nSPS) is 11.5. The van der Waals surface area contributed by atoms with Gasteiger partial charge in [0, 0.05) is 0 Å². The molecule has 0 atom stereocenters. The van der Waals surface area contributed by atoms with Gasteiger partial charge in [0.05, 0.1) is 21.3 Å². The predicted octanol–water partition coefficient (Wildman–Crippen LogP) is 2.75. The van der Waals surface area contributed by atoms with Gasteiger partial charge < -0.3 is 10.8 Å². The Balaban J connectivity index is 3.41. The molecule has 82 valence electrons. The van der Waals surface area contributed by atoms with E-state index in [1.54, 1.807) is 0 Å². The van der Waals surface area contributed by atoms with E-state index in [9.17, 15) is 18.0 Å². The molecule has 0 fully saturated rings. The van der Waals surface area contributed by atoms with Crippen molar-refractivity contribution in [3.05, 3.63) is 27.7 Å². The van der Waals surface area contributed by atoms with Gasteiger partial charge in [-0.25, -0.2) is 4.79 Å². The molecular weight excluding hydrogens is 279 g/mol. The number of hydrogen-bond acceptors (Lipinski definition) is 2. The quantitative estimate of drug-likeness (QED) is 0.779. The lowest BCUT2D eigenvalue weighted by molar-refractivity contribution is -0.136. The highest BCUT2D eigenvalue weighted by molar-refractivity contribution is 9.10. The monoisotopic (exact) mass is 283 g/mol. The van der Waals surface area contributed by atoms with Crippen LogP contribution >= 0.6 is 15.9 Å². The number of anilines is 1. The maximum absolute atomic E-state index is 12.3. The highest BCUT2D eigenvalue weighted by atomic mass is 79.9. The van der Waals surface area contributed by atoms with E-state index in [0.29, 0.717) is 6.07 Å². The van der Waals surface area contributed by atoms with Gasteiger partial charge in [0.25, 0.3) is 0 Å². The van der Waals surface area contributed by atoms with Crippen molar-refractivity contribution in [3.63, 3.8) is 0 Å². The summed E-state index contributed by atoms with van der Waals surface area (Å²) in [7, 11) is 0. The van der Waals surface area contributed by atoms with E-state index in [1.807, 2.05) is 0 Å². The second kappa shape index (κ2) is 3.73. The summed E-state index contributed by atoms with van der Waals surface area (Å²) in [6, 6.07) is 1.50. The fraction of sp³-hybridized carbons (Fsp3) is 0.125. The van der Waals surface area contributed by atoms with E-state index >= 15 is 0 Å². The fourth-order valence-corrected chi connectivity index (χ4v) is 1.52. The van der Waals surface area contributed by atoms with Gasteiger partial charge in [-0.05, 0) is 28.1 Å². The number of aromatic carboxylic acids is 1. The number of nitrogens with two attached hydrogens (primary N) is 1. The number of nitrogen functional groups attached to an aromatic ring is 1. The molecule has 1 aromatic carbocycles. The number of alkyl halides is 3. The molecule has 0 radical (unpaired) electrons. The third-order valence-electron chi connectivity index (χ3n) is 1.72. The molecule has 1 rings (SSSR count). The standard InChI is InChI=1S/C8H5BrF3NO2/c9-5-3(7(14)15)1-2-4(6(5)13)8(10,11)12/h1-2H,13H2,(H,14,15). The van der Waals surface area contributed by atoms with Crippen molar-refractivity contribution in [2.45, 2.75) is 6.18 Å². The van der Waals surface area contributed by atoms with Crippen LogP contribution in [0.1, 0.15) is 15.9 Å². The van der Waals surface area contributed by atoms with E-state index in [-0.39, 0.29) is 10.0 Å². The molecule has 0 bridgehead atoms. The number of benzene rings is 1. The van der Waals surface area contributed by atoms with Gasteiger partial charge in [0.15, 0.2) is 0 Å². The Bertz CT molecular complexity index is 417. The highest BCUT2D eigenvalue weighted by Crippen LogP contribution is 2.38. The second-order valence-corrected chi connectivity index (χ2v) is 3.48. The molecule has 15 heavy (non-hydrogen) atoms. The summed E-state index contributed by atoms with van der Waals surface area (Å²) in [6.45, 7) is 0. The first-order valence-corrected chi connectivity index (χ1v) is 4.43. The molecule has 0 aliphatic carbocycles. The van der Waals surface area contributed by atoms with E-state index in [2.05, 4.69) is 15.9 Å². The molecule has 7 heteroatoms. The predicted molar refractivity (Wildman–Crippen MR) is 50.5 cm³/mol. The van der Waals surface area contributed by atoms with Crippen LogP contribution in [0.15, 0.2) is 16.6 Å². The van der Waals surface area contributed by atoms with Crippen molar-refractivity contribution in [1.29, 1.82) is 0 Å². The molecule has 0 aliphatic heterocycles. The van der Waals surface area contributed by atoms with Gasteiger partial charge >= 0.3 is 12.1 Å². The summed E-state index contributed by atoms with van der Waals surface area (Å²) in [5, 5.41) is 8.62. The Morgan fingerprint density at radius 1 is 1.40 bits per heavy atom. The first-order valence-electron chi connectivity index (χ1n) is 3.63. The zero-order chi connectivity index (χ0) is 11.8. The molecule has 0 spiro atoms. The minimum Gasteiger partial charge on any atom is -0.478 e. The number of halogens is 4. The Morgan fingerprint density at radius 3 is 2.33 bits per heavy atom. The molecule has 0 heterocycles. The summed E-state index contributed by atoms with van der Waals surface area (Å²) >= 11 is 2.72. The average molecular weight is 284 g/mol. The molecule has 0 saturated carbocycles. The van der Waals surface area contributed by atoms with Gasteiger partial charge in [-0.2, -0.15) is 13.2 Å². The maximum atomic E-state index is 12.3. The van der Waals surface area contributed by atoms with Crippen LogP contribution in [-0.4, -0.2) is 11.1 Å². The van der Waals surface area contributed by atoms with Gasteiger partial charge in [0.1, 0.15) is 0 Å². The lowest BCUT2D eigenvalue weighted by Crippen LogP contribution is -2.11. The summed E-state index contributed by atoms with van der Waals surface area (Å²) in [6.07, 6.45) is -4.59. The summed E-state index contributed by atoms with van der Waals surface area (Å²) in [4.78, 5) is 10.6. The van der Waals surface area contributed by atoms with Crippen LogP contribution in [0.5, 0.6) is 0 Å². The molecule has 0 aromatic heterocycles. The van der Waals surface area contributed by atoms with E-state index in [1.165, 1.54) is 0 Å². The van der Waals surface area contributed by atoms with Crippen molar-refractivity contribution in [2.75, 3.05) is 5.73 Å². The molecule has 0 aliphatic rings. The Morgan fingerprint density at radius 2 is 1.93 bits per heavy atom. The first-order chi connectivity index (χ1) is 6.75. The number of carboxylic acid groups (broad SMARTS) is 1. The summed E-state index contributed by atoms with van der Waals surface area (Å²) < 4.78 is 36.7. The molecule has 0 amide bonds. The Labute approximate surface area is 90.8 Å². The maximum Gasteiger partial charge on any atom is 0.418 e. The SMILES string of the molecule is Nc1c(C(F)(F)F)ccc(C(=O)O)c1Br. The zero-order valence-corrected chi connectivity index (χ0v) is 8.69. The van der Waals surface area contributed by atoms with Gasteiger partial charge in [-0.15, -0.1) is 0 Å². The molecule has 1 aromatic rings. The molecule has 3 nitrogen and oxygen atoms in total. The smallest absolute Gasteiger partial charge is 0.418 e. The Kier molecular flexibility index (Phi) is 2.94. The Hall–Kier alpha value is -1.24. The van der Waals surface area contributed by atoms with Crippen LogP contribution in [-0.2, 0) is 6.18 Å². The van der Waals surface area contributed by atoms with Crippen LogP contribution in [0.3, 0.4) is 0 Å². The number of rotatable bonds is 1. The molecule has 0 saturated heterocycles. The van der Waals surface area contributed by atoms with Crippen molar-refractivity contribution >= 4 is 27.6 Å². The first kappa shape index (κ1) is 11.8. The van der Waals surface area contributed by atoms with Crippen molar-refractivity contribution in [3.8, 4) is 0 Å². The topological polar surface area (TPSA) is 63.3 Å². The summed E-state index contributed by atoms with van der Waals surface area (Å²) in [5.41, 5.74) is 3.19. The second-order valence-electron chi connectivity index (χ2n) is 2.69. The van der Waals surface area contributed by atoms with Crippen LogP contribution < -0.4 is 5.73 Å². The zero-order valence-electron chi connectivity index (χ0n) is 7.10. The lowest BCUT2D eigenvalue weighted by Gasteiger charge is -2.12. The average Bonchev–Trinajstić information content (AvgIpc) is 2.06. The largest absolute Gasteiger partial charge is 0.478 e. The van der Waals surface area contributed by atoms with Crippen LogP contribution in [0.2, 0.25) is 0 Å². The number of carbonyl (C=O) groups is 1. The minimum atomic E-state index is -4.59. The van der Waals surface area contributed by atoms with Crippen LogP contribution in [0, 0.1) is 0 Å². The number of carboxylic acids is 1. The minimum absolute atomic E-state index is 0.259. The van der Waals surface area contributed by atoms with Crippen molar-refractivity contribution in [2.24, 2.45) is 0 Å². The molecule has 0 unspecified atom stereocenters. The van der Waals surface area contributed by atoms with Crippen molar-refractivity contribution in [1.82, 2.24) is 0 Å². The van der Waals surface area contributed by atoms with Crippen LogP contribution in [0.4, 0.5) is 18.9 Å². The summed E-state index contributed by atoms with van der Waals surface area (Å²) in [5.74, 6) is -1.35. The van der Waals surface area contributed by atoms with Gasteiger partial charge in [-0.3, -0.25) is 0 Å². The fourth-order valence-electron chi connectivity index (χ4n) is 1.01. The third-order valence-corrected chi connectivity index (χ3v) is 2.57. The number of hydrogen-bond donors (Lipinski definition) is 2.